The molecule has 1 unspecified atom stereocenters. The standard InChI is InChI=1S/C20H16FN3O2.C2H6S/c21-16-5-2-1-4-15(16)18-12-17(13-7-9-14(22)10-8-13)23-24(18)20(25)19-6-3-11-26-19;1-2-3/h1-11,18H,12,22H2;3H,2H2,1H3. The summed E-state index contributed by atoms with van der Waals surface area (Å²) >= 11 is 3.79. The van der Waals surface area contributed by atoms with E-state index in [1.807, 2.05) is 19.1 Å². The molecule has 7 heteroatoms. The van der Waals surface area contributed by atoms with E-state index in [0.29, 0.717) is 23.4 Å². The number of anilines is 1. The molecule has 0 fully saturated rings. The number of nitrogens with two attached hydrogens (primary N) is 1. The summed E-state index contributed by atoms with van der Waals surface area (Å²) in [5.41, 5.74) is 8.33. The first-order chi connectivity index (χ1) is 14.0. The zero-order chi connectivity index (χ0) is 20.8. The Hall–Kier alpha value is -3.06. The minimum absolute atomic E-state index is 0.161. The highest BCUT2D eigenvalue weighted by Crippen LogP contribution is 2.35. The second kappa shape index (κ2) is 9.43. The molecule has 1 aliphatic rings. The van der Waals surface area contributed by atoms with Gasteiger partial charge in [-0.3, -0.25) is 4.79 Å². The lowest BCUT2D eigenvalue weighted by Gasteiger charge is -2.21. The van der Waals surface area contributed by atoms with Gasteiger partial charge in [0.15, 0.2) is 5.76 Å². The highest BCUT2D eigenvalue weighted by atomic mass is 32.1. The highest BCUT2D eigenvalue weighted by Gasteiger charge is 2.36. The largest absolute Gasteiger partial charge is 0.459 e. The number of hydrogen-bond donors (Lipinski definition) is 2. The summed E-state index contributed by atoms with van der Waals surface area (Å²) < 4.78 is 19.6. The van der Waals surface area contributed by atoms with Gasteiger partial charge in [-0.1, -0.05) is 37.3 Å². The lowest BCUT2D eigenvalue weighted by atomic mass is 9.98. The Balaban J connectivity index is 0.000000755. The van der Waals surface area contributed by atoms with Crippen LogP contribution < -0.4 is 5.73 Å². The number of nitrogens with zero attached hydrogens (tertiary/aromatic N) is 2. The van der Waals surface area contributed by atoms with Crippen LogP contribution in [0.1, 0.15) is 41.1 Å². The summed E-state index contributed by atoms with van der Waals surface area (Å²) in [6.07, 6.45) is 1.82. The molecule has 150 valence electrons. The van der Waals surface area contributed by atoms with Crippen molar-refractivity contribution in [2.45, 2.75) is 19.4 Å². The van der Waals surface area contributed by atoms with Crippen LogP contribution in [0.15, 0.2) is 76.4 Å². The number of nitrogen functional groups attached to an aromatic ring is 1. The quantitative estimate of drug-likeness (QED) is 0.474. The number of hydrazone groups is 1. The molecule has 0 aliphatic carbocycles. The van der Waals surface area contributed by atoms with Crippen molar-refractivity contribution in [3.63, 3.8) is 0 Å². The first kappa shape index (κ1) is 20.7. The van der Waals surface area contributed by atoms with Gasteiger partial charge in [-0.15, -0.1) is 0 Å². The molecular formula is C22H22FN3O2S. The average molecular weight is 412 g/mol. The number of halogens is 1. The maximum atomic E-state index is 14.4. The minimum Gasteiger partial charge on any atom is -0.459 e. The third-order valence-electron chi connectivity index (χ3n) is 4.36. The normalized spacial score (nSPS) is 15.5. The van der Waals surface area contributed by atoms with Gasteiger partial charge in [-0.05, 0) is 41.6 Å². The van der Waals surface area contributed by atoms with Crippen LogP contribution in [-0.4, -0.2) is 22.4 Å². The minimum atomic E-state index is -0.540. The fourth-order valence-corrected chi connectivity index (χ4v) is 3.05. The van der Waals surface area contributed by atoms with Gasteiger partial charge in [0.05, 0.1) is 18.0 Å². The number of furan rings is 1. The van der Waals surface area contributed by atoms with Crippen LogP contribution in [0.25, 0.3) is 0 Å². The summed E-state index contributed by atoms with van der Waals surface area (Å²) in [5.74, 6) is 0.325. The summed E-state index contributed by atoms with van der Waals surface area (Å²) in [4.78, 5) is 12.8. The smallest absolute Gasteiger partial charge is 0.310 e. The van der Waals surface area contributed by atoms with Crippen molar-refractivity contribution in [1.29, 1.82) is 0 Å². The second-order valence-corrected chi connectivity index (χ2v) is 6.99. The Morgan fingerprint density at radius 2 is 1.90 bits per heavy atom. The summed E-state index contributed by atoms with van der Waals surface area (Å²) in [5, 5.41) is 5.77. The molecule has 1 aromatic heterocycles. The predicted octanol–water partition coefficient (Wildman–Crippen LogP) is 4.93. The van der Waals surface area contributed by atoms with E-state index in [-0.39, 0.29) is 11.6 Å². The van der Waals surface area contributed by atoms with Gasteiger partial charge in [0.2, 0.25) is 0 Å². The van der Waals surface area contributed by atoms with Crippen LogP contribution in [0.3, 0.4) is 0 Å². The van der Waals surface area contributed by atoms with Crippen LogP contribution in [0.5, 0.6) is 0 Å². The summed E-state index contributed by atoms with van der Waals surface area (Å²) in [6, 6.07) is 16.3. The first-order valence-electron chi connectivity index (χ1n) is 9.20. The van der Waals surface area contributed by atoms with Gasteiger partial charge in [-0.2, -0.15) is 17.7 Å². The zero-order valence-corrected chi connectivity index (χ0v) is 16.9. The van der Waals surface area contributed by atoms with Gasteiger partial charge in [0, 0.05) is 17.7 Å². The molecule has 3 aromatic rings. The zero-order valence-electron chi connectivity index (χ0n) is 16.0. The molecule has 0 saturated carbocycles. The van der Waals surface area contributed by atoms with E-state index < -0.39 is 11.9 Å². The summed E-state index contributed by atoms with van der Waals surface area (Å²) in [6.45, 7) is 1.99. The van der Waals surface area contributed by atoms with Gasteiger partial charge >= 0.3 is 5.91 Å². The van der Waals surface area contributed by atoms with E-state index in [1.54, 1.807) is 42.5 Å². The molecule has 0 radical (unpaired) electrons. The number of carbonyl (C=O) groups excluding carboxylic acids is 1. The van der Waals surface area contributed by atoms with Gasteiger partial charge < -0.3 is 10.2 Å². The van der Waals surface area contributed by atoms with E-state index in [2.05, 4.69) is 17.7 Å². The molecule has 2 aromatic carbocycles. The van der Waals surface area contributed by atoms with Gasteiger partial charge in [0.1, 0.15) is 5.82 Å². The predicted molar refractivity (Wildman–Crippen MR) is 116 cm³/mol. The molecule has 0 saturated heterocycles. The molecule has 2 N–H and O–H groups in total. The Kier molecular flexibility index (Phi) is 6.72. The molecule has 1 atom stereocenters. The monoisotopic (exact) mass is 411 g/mol. The van der Waals surface area contributed by atoms with Crippen molar-refractivity contribution in [2.75, 3.05) is 11.5 Å². The maximum absolute atomic E-state index is 14.4. The number of rotatable bonds is 3. The lowest BCUT2D eigenvalue weighted by molar-refractivity contribution is 0.0676. The number of benzene rings is 2. The SMILES string of the molecule is CCS.Nc1ccc(C2=NN(C(=O)c3ccco3)C(c3ccccc3F)C2)cc1. The lowest BCUT2D eigenvalue weighted by Crippen LogP contribution is -2.27. The van der Waals surface area contributed by atoms with E-state index >= 15 is 0 Å². The van der Waals surface area contributed by atoms with Gasteiger partial charge in [0.25, 0.3) is 0 Å². The topological polar surface area (TPSA) is 71.8 Å². The van der Waals surface area contributed by atoms with E-state index in [0.717, 1.165) is 11.3 Å². The van der Waals surface area contributed by atoms with E-state index in [1.165, 1.54) is 17.3 Å². The Bertz CT molecular complexity index is 988. The number of amides is 1. The third kappa shape index (κ3) is 4.68. The van der Waals surface area contributed by atoms with Crippen molar-refractivity contribution < 1.29 is 13.6 Å². The van der Waals surface area contributed by atoms with Crippen molar-refractivity contribution in [2.24, 2.45) is 5.10 Å². The summed E-state index contributed by atoms with van der Waals surface area (Å²) in [7, 11) is 0. The van der Waals surface area contributed by atoms with Crippen LogP contribution in [0, 0.1) is 5.82 Å². The number of hydrogen-bond acceptors (Lipinski definition) is 5. The molecule has 1 amide bonds. The second-order valence-electron chi connectivity index (χ2n) is 6.35. The van der Waals surface area contributed by atoms with Crippen LogP contribution in [-0.2, 0) is 0 Å². The fraction of sp³-hybridized carbons (Fsp3) is 0.182. The van der Waals surface area contributed by atoms with Crippen LogP contribution in [0.4, 0.5) is 10.1 Å². The molecule has 0 spiro atoms. The van der Waals surface area contributed by atoms with Crippen LogP contribution >= 0.6 is 12.6 Å². The molecule has 0 bridgehead atoms. The molecule has 29 heavy (non-hydrogen) atoms. The van der Waals surface area contributed by atoms with E-state index in [4.69, 9.17) is 10.2 Å². The number of carbonyl (C=O) groups is 1. The van der Waals surface area contributed by atoms with Gasteiger partial charge in [-0.25, -0.2) is 9.40 Å². The maximum Gasteiger partial charge on any atom is 0.310 e. The van der Waals surface area contributed by atoms with E-state index in [9.17, 15) is 9.18 Å². The number of thiol groups is 1. The molecule has 1 aliphatic heterocycles. The van der Waals surface area contributed by atoms with Crippen molar-refractivity contribution in [1.82, 2.24) is 5.01 Å². The van der Waals surface area contributed by atoms with Crippen molar-refractivity contribution in [3.05, 3.63) is 89.6 Å². The molecule has 2 heterocycles. The Morgan fingerprint density at radius 1 is 1.21 bits per heavy atom. The first-order valence-corrected chi connectivity index (χ1v) is 9.84. The fourth-order valence-electron chi connectivity index (χ4n) is 3.05. The molecular weight excluding hydrogens is 389 g/mol. The Morgan fingerprint density at radius 3 is 2.52 bits per heavy atom. The molecule has 5 nitrogen and oxygen atoms in total. The average Bonchev–Trinajstić information content (AvgIpc) is 3.40. The van der Waals surface area contributed by atoms with Crippen molar-refractivity contribution in [3.8, 4) is 0 Å². The van der Waals surface area contributed by atoms with Crippen molar-refractivity contribution >= 4 is 29.9 Å². The third-order valence-corrected chi connectivity index (χ3v) is 4.36. The van der Waals surface area contributed by atoms with Crippen LogP contribution in [0.2, 0.25) is 0 Å². The Labute approximate surface area is 174 Å². The highest BCUT2D eigenvalue weighted by molar-refractivity contribution is 7.80. The molecule has 4 rings (SSSR count).